The van der Waals surface area contributed by atoms with Crippen molar-refractivity contribution in [3.8, 4) is 0 Å². The number of rotatable bonds is 0. The highest BCUT2D eigenvalue weighted by molar-refractivity contribution is 6.31. The number of benzene rings is 1. The van der Waals surface area contributed by atoms with Crippen LogP contribution >= 0.6 is 11.6 Å². The molecule has 0 bridgehead atoms. The zero-order valence-electron chi connectivity index (χ0n) is 7.40. The van der Waals surface area contributed by atoms with Gasteiger partial charge in [-0.25, -0.2) is 4.39 Å². The van der Waals surface area contributed by atoms with E-state index in [-0.39, 0.29) is 16.0 Å². The zero-order chi connectivity index (χ0) is 10.3. The Balaban J connectivity index is 3.03. The molecule has 72 valence electrons. The van der Waals surface area contributed by atoms with Crippen LogP contribution in [-0.4, -0.2) is 4.98 Å². The Hall–Kier alpha value is -1.35. The Bertz CT molecular complexity index is 562. The lowest BCUT2D eigenvalue weighted by atomic mass is 10.1. The molecule has 14 heavy (non-hydrogen) atoms. The van der Waals surface area contributed by atoms with Crippen molar-refractivity contribution < 1.29 is 4.39 Å². The highest BCUT2D eigenvalue weighted by Gasteiger charge is 2.08. The summed E-state index contributed by atoms with van der Waals surface area (Å²) in [6.45, 7) is 1.70. The average molecular weight is 212 g/mol. The second-order valence-corrected chi connectivity index (χ2v) is 3.51. The smallest absolute Gasteiger partial charge is 0.256 e. The topological polar surface area (TPSA) is 32.9 Å². The molecule has 2 aromatic rings. The largest absolute Gasteiger partial charge is 0.326 e. The lowest BCUT2D eigenvalue weighted by Crippen LogP contribution is -2.07. The van der Waals surface area contributed by atoms with Crippen LogP contribution in [0.2, 0.25) is 5.02 Å². The maximum absolute atomic E-state index is 13.5. The molecule has 0 aliphatic heterocycles. The summed E-state index contributed by atoms with van der Waals surface area (Å²) in [4.78, 5) is 14.0. The molecule has 0 aliphatic carbocycles. The van der Waals surface area contributed by atoms with E-state index in [9.17, 15) is 9.18 Å². The van der Waals surface area contributed by atoms with Gasteiger partial charge >= 0.3 is 0 Å². The number of aromatic amines is 1. The van der Waals surface area contributed by atoms with Crippen LogP contribution in [0.4, 0.5) is 4.39 Å². The van der Waals surface area contributed by atoms with Crippen LogP contribution in [0.5, 0.6) is 0 Å². The van der Waals surface area contributed by atoms with E-state index in [0.717, 1.165) is 0 Å². The molecule has 4 heteroatoms. The number of H-pyrrole nitrogens is 1. The van der Waals surface area contributed by atoms with Gasteiger partial charge in [-0.2, -0.15) is 0 Å². The summed E-state index contributed by atoms with van der Waals surface area (Å²) in [6.07, 6.45) is 0. The van der Waals surface area contributed by atoms with Crippen molar-refractivity contribution in [1.29, 1.82) is 0 Å². The molecule has 1 N–H and O–H groups in total. The van der Waals surface area contributed by atoms with E-state index >= 15 is 0 Å². The van der Waals surface area contributed by atoms with Crippen molar-refractivity contribution in [1.82, 2.24) is 4.98 Å². The molecule has 2 nitrogen and oxygen atoms in total. The van der Waals surface area contributed by atoms with Crippen molar-refractivity contribution in [2.75, 3.05) is 0 Å². The lowest BCUT2D eigenvalue weighted by Gasteiger charge is -2.01. The number of hydrogen-bond donors (Lipinski definition) is 1. The van der Waals surface area contributed by atoms with Gasteiger partial charge in [0.05, 0.1) is 10.4 Å². The van der Waals surface area contributed by atoms with Crippen molar-refractivity contribution in [2.45, 2.75) is 6.92 Å². The highest BCUT2D eigenvalue weighted by Crippen LogP contribution is 2.22. The van der Waals surface area contributed by atoms with Gasteiger partial charge in [-0.05, 0) is 25.1 Å². The fourth-order valence-electron chi connectivity index (χ4n) is 1.40. The van der Waals surface area contributed by atoms with Gasteiger partial charge in [-0.15, -0.1) is 0 Å². The first-order valence-corrected chi connectivity index (χ1v) is 4.45. The van der Waals surface area contributed by atoms with Crippen LogP contribution in [0.15, 0.2) is 23.0 Å². The molecule has 0 fully saturated rings. The zero-order valence-corrected chi connectivity index (χ0v) is 8.15. The maximum Gasteiger partial charge on any atom is 0.256 e. The van der Waals surface area contributed by atoms with E-state index in [0.29, 0.717) is 11.1 Å². The van der Waals surface area contributed by atoms with E-state index in [4.69, 9.17) is 11.6 Å². The Morgan fingerprint density at radius 2 is 2.07 bits per heavy atom. The molecule has 2 rings (SSSR count). The summed E-state index contributed by atoms with van der Waals surface area (Å²) in [7, 11) is 0. The van der Waals surface area contributed by atoms with Crippen molar-refractivity contribution in [3.63, 3.8) is 0 Å². The third-order valence-corrected chi connectivity index (χ3v) is 2.34. The predicted molar refractivity (Wildman–Crippen MR) is 54.3 cm³/mol. The first kappa shape index (κ1) is 9.21. The molecule has 0 atom stereocenters. The Kier molecular flexibility index (Phi) is 2.04. The third kappa shape index (κ3) is 1.30. The van der Waals surface area contributed by atoms with E-state index < -0.39 is 5.82 Å². The van der Waals surface area contributed by atoms with Gasteiger partial charge < -0.3 is 4.98 Å². The second kappa shape index (κ2) is 3.10. The minimum atomic E-state index is -0.543. The molecule has 0 saturated carbocycles. The van der Waals surface area contributed by atoms with Gasteiger partial charge in [-0.1, -0.05) is 11.6 Å². The molecule has 0 amide bonds. The molecular formula is C10H7ClFNO. The molecular weight excluding hydrogens is 205 g/mol. The lowest BCUT2D eigenvalue weighted by molar-refractivity contribution is 0.640. The molecule has 0 radical (unpaired) electrons. The van der Waals surface area contributed by atoms with Gasteiger partial charge in [0.25, 0.3) is 5.56 Å². The van der Waals surface area contributed by atoms with Gasteiger partial charge in [0, 0.05) is 11.1 Å². The van der Waals surface area contributed by atoms with Crippen LogP contribution in [0.1, 0.15) is 5.69 Å². The van der Waals surface area contributed by atoms with Crippen LogP contribution < -0.4 is 5.56 Å². The van der Waals surface area contributed by atoms with Crippen molar-refractivity contribution in [3.05, 3.63) is 45.1 Å². The van der Waals surface area contributed by atoms with E-state index in [1.54, 1.807) is 13.0 Å². The number of fused-ring (bicyclic) bond motifs is 1. The summed E-state index contributed by atoms with van der Waals surface area (Å²) in [5.41, 5.74) is 0.319. The Morgan fingerprint density at radius 1 is 1.36 bits per heavy atom. The second-order valence-electron chi connectivity index (χ2n) is 3.10. The van der Waals surface area contributed by atoms with Gasteiger partial charge in [-0.3, -0.25) is 4.79 Å². The van der Waals surface area contributed by atoms with Crippen molar-refractivity contribution in [2.24, 2.45) is 0 Å². The number of aromatic nitrogens is 1. The monoisotopic (exact) mass is 211 g/mol. The van der Waals surface area contributed by atoms with Crippen LogP contribution in [0, 0.1) is 12.7 Å². The molecule has 0 unspecified atom stereocenters. The first-order chi connectivity index (χ1) is 6.59. The molecule has 1 heterocycles. The minimum absolute atomic E-state index is 0.0301. The Morgan fingerprint density at radius 3 is 2.79 bits per heavy atom. The molecule has 0 saturated heterocycles. The number of aryl methyl sites for hydroxylation is 1. The summed E-state index contributed by atoms with van der Waals surface area (Å²) in [5.74, 6) is -0.543. The van der Waals surface area contributed by atoms with E-state index in [1.807, 2.05) is 0 Å². The average Bonchev–Trinajstić information content (AvgIpc) is 2.12. The normalized spacial score (nSPS) is 10.8. The van der Waals surface area contributed by atoms with Crippen molar-refractivity contribution >= 4 is 22.4 Å². The number of pyridine rings is 1. The van der Waals surface area contributed by atoms with Gasteiger partial charge in [0.15, 0.2) is 0 Å². The first-order valence-electron chi connectivity index (χ1n) is 4.07. The summed E-state index contributed by atoms with van der Waals surface area (Å²) in [6, 6.07) is 4.46. The number of nitrogens with one attached hydrogen (secondary N) is 1. The molecule has 0 aliphatic rings. The summed E-state index contributed by atoms with van der Waals surface area (Å²) in [5, 5.41) is 0.610. The predicted octanol–water partition coefficient (Wildman–Crippen LogP) is 2.63. The van der Waals surface area contributed by atoms with Gasteiger partial charge in [0.2, 0.25) is 0 Å². The van der Waals surface area contributed by atoms with Crippen LogP contribution in [-0.2, 0) is 0 Å². The SMILES string of the molecule is Cc1cc2c(F)c(Cl)ccc2c(=O)[nH]1. The van der Waals surface area contributed by atoms with Gasteiger partial charge in [0.1, 0.15) is 5.82 Å². The highest BCUT2D eigenvalue weighted by atomic mass is 35.5. The quantitative estimate of drug-likeness (QED) is 0.714. The number of halogens is 2. The standard InChI is InChI=1S/C10H7ClFNO/c1-5-4-7-6(10(14)13-5)2-3-8(11)9(7)12/h2-4H,1H3,(H,13,14). The van der Waals surface area contributed by atoms with Crippen LogP contribution in [0.3, 0.4) is 0 Å². The third-order valence-electron chi connectivity index (χ3n) is 2.05. The molecule has 1 aromatic heterocycles. The number of hydrogen-bond acceptors (Lipinski definition) is 1. The fraction of sp³-hybridized carbons (Fsp3) is 0.100. The summed E-state index contributed by atoms with van der Waals surface area (Å²) >= 11 is 5.61. The Labute approximate surface area is 84.3 Å². The maximum atomic E-state index is 13.5. The molecule has 1 aromatic carbocycles. The summed E-state index contributed by atoms with van der Waals surface area (Å²) < 4.78 is 13.5. The molecule has 0 spiro atoms. The minimum Gasteiger partial charge on any atom is -0.326 e. The van der Waals surface area contributed by atoms with Crippen LogP contribution in [0.25, 0.3) is 10.8 Å². The van der Waals surface area contributed by atoms with E-state index in [2.05, 4.69) is 4.98 Å². The van der Waals surface area contributed by atoms with E-state index in [1.165, 1.54) is 12.1 Å². The fourth-order valence-corrected chi connectivity index (χ4v) is 1.57.